The second-order valence-electron chi connectivity index (χ2n) is 10.9. The Hall–Kier alpha value is -2.06. The number of likely N-dealkylation sites (tertiary alicyclic amines) is 1. The van der Waals surface area contributed by atoms with Gasteiger partial charge in [0.25, 0.3) is 0 Å². The van der Waals surface area contributed by atoms with Crippen molar-refractivity contribution < 1.29 is 23.6 Å². The van der Waals surface area contributed by atoms with Crippen molar-refractivity contribution >= 4 is 24.6 Å². The number of rotatable bonds is 4. The van der Waals surface area contributed by atoms with Gasteiger partial charge in [0.2, 0.25) is 5.91 Å². The van der Waals surface area contributed by atoms with Crippen LogP contribution in [0.5, 0.6) is 0 Å². The number of amides is 2. The summed E-state index contributed by atoms with van der Waals surface area (Å²) >= 11 is 0. The van der Waals surface area contributed by atoms with Gasteiger partial charge in [0, 0.05) is 20.1 Å². The highest BCUT2D eigenvalue weighted by Gasteiger charge is 2.51. The van der Waals surface area contributed by atoms with E-state index in [1.807, 2.05) is 77.6 Å². The van der Waals surface area contributed by atoms with Gasteiger partial charge in [-0.3, -0.25) is 4.79 Å². The molecular weight excluding hydrogens is 407 g/mol. The third-order valence-electron chi connectivity index (χ3n) is 6.61. The molecule has 2 heterocycles. The predicted molar refractivity (Wildman–Crippen MR) is 125 cm³/mol. The van der Waals surface area contributed by atoms with Crippen LogP contribution in [-0.4, -0.2) is 71.9 Å². The highest BCUT2D eigenvalue weighted by molar-refractivity contribution is 6.62. The maximum Gasteiger partial charge on any atom is 0.494 e. The van der Waals surface area contributed by atoms with E-state index in [9.17, 15) is 9.59 Å². The van der Waals surface area contributed by atoms with E-state index in [-0.39, 0.29) is 29.2 Å². The Balaban J connectivity index is 1.54. The molecule has 0 aromatic heterocycles. The molecule has 0 unspecified atom stereocenters. The second-order valence-corrected chi connectivity index (χ2v) is 10.9. The Morgan fingerprint density at radius 3 is 2.22 bits per heavy atom. The molecule has 2 fully saturated rings. The van der Waals surface area contributed by atoms with E-state index in [1.165, 1.54) is 0 Å². The van der Waals surface area contributed by atoms with Crippen molar-refractivity contribution in [2.75, 3.05) is 20.1 Å². The molecule has 0 saturated carbocycles. The van der Waals surface area contributed by atoms with E-state index < -0.39 is 12.7 Å². The summed E-state index contributed by atoms with van der Waals surface area (Å²) in [4.78, 5) is 28.6. The monoisotopic (exact) mass is 444 g/mol. The van der Waals surface area contributed by atoms with Crippen LogP contribution in [0.2, 0.25) is 0 Å². The third-order valence-corrected chi connectivity index (χ3v) is 6.61. The van der Waals surface area contributed by atoms with E-state index in [0.29, 0.717) is 19.5 Å². The van der Waals surface area contributed by atoms with E-state index >= 15 is 0 Å². The number of ether oxygens (including phenoxy) is 1. The van der Waals surface area contributed by atoms with Gasteiger partial charge >= 0.3 is 13.2 Å². The first-order chi connectivity index (χ1) is 14.7. The van der Waals surface area contributed by atoms with Crippen LogP contribution in [0.4, 0.5) is 4.79 Å². The number of benzene rings is 1. The Morgan fingerprint density at radius 1 is 1.12 bits per heavy atom. The minimum absolute atomic E-state index is 0.0282. The van der Waals surface area contributed by atoms with Gasteiger partial charge in [-0.2, -0.15) is 0 Å². The van der Waals surface area contributed by atoms with Crippen molar-refractivity contribution in [3.05, 3.63) is 29.8 Å². The van der Waals surface area contributed by atoms with Gasteiger partial charge < -0.3 is 23.8 Å². The fraction of sp³-hybridized carbons (Fsp3) is 0.667. The summed E-state index contributed by atoms with van der Waals surface area (Å²) in [5.41, 5.74) is 0.584. The smallest absolute Gasteiger partial charge is 0.444 e. The van der Waals surface area contributed by atoms with E-state index in [4.69, 9.17) is 14.0 Å². The van der Waals surface area contributed by atoms with Gasteiger partial charge in [-0.15, -0.1) is 0 Å². The third kappa shape index (κ3) is 5.46. The highest BCUT2D eigenvalue weighted by atomic mass is 16.7. The van der Waals surface area contributed by atoms with Gasteiger partial charge in [0.1, 0.15) is 5.60 Å². The van der Waals surface area contributed by atoms with Crippen molar-refractivity contribution in [3.63, 3.8) is 0 Å². The molecule has 3 rings (SSSR count). The van der Waals surface area contributed by atoms with Crippen LogP contribution in [0.1, 0.15) is 60.5 Å². The predicted octanol–water partition coefficient (Wildman–Crippen LogP) is 3.00. The highest BCUT2D eigenvalue weighted by Crippen LogP contribution is 2.36. The minimum atomic E-state index is -0.536. The summed E-state index contributed by atoms with van der Waals surface area (Å²) in [6.07, 6.45) is 0.726. The zero-order chi connectivity index (χ0) is 23.9. The lowest BCUT2D eigenvalue weighted by atomic mass is 9.79. The van der Waals surface area contributed by atoms with Crippen LogP contribution in [0.15, 0.2) is 24.3 Å². The molecule has 1 atom stereocenters. The van der Waals surface area contributed by atoms with Gasteiger partial charge in [-0.05, 0) is 65.9 Å². The normalized spacial score (nSPS) is 22.2. The summed E-state index contributed by atoms with van der Waals surface area (Å²) in [6, 6.07) is 7.82. The molecule has 2 saturated heterocycles. The Kier molecular flexibility index (Phi) is 6.69. The van der Waals surface area contributed by atoms with Crippen LogP contribution in [0.3, 0.4) is 0 Å². The van der Waals surface area contributed by atoms with Crippen molar-refractivity contribution in [2.24, 2.45) is 0 Å². The lowest BCUT2D eigenvalue weighted by Crippen LogP contribution is -2.42. The van der Waals surface area contributed by atoms with Crippen LogP contribution in [0.25, 0.3) is 0 Å². The summed E-state index contributed by atoms with van der Waals surface area (Å²) < 4.78 is 17.6. The lowest BCUT2D eigenvalue weighted by molar-refractivity contribution is -0.129. The molecular formula is C24H37BN2O5. The summed E-state index contributed by atoms with van der Waals surface area (Å²) in [5, 5.41) is 0. The van der Waals surface area contributed by atoms with Crippen molar-refractivity contribution in [1.82, 2.24) is 9.80 Å². The van der Waals surface area contributed by atoms with E-state index in [0.717, 1.165) is 17.4 Å². The molecule has 1 aromatic carbocycles. The molecule has 1 aromatic rings. The molecule has 0 N–H and O–H groups in total. The Labute approximate surface area is 192 Å². The Bertz CT molecular complexity index is 831. The molecule has 0 spiro atoms. The number of carbonyl (C=O) groups excluding carboxylic acids is 2. The molecule has 7 nitrogen and oxygen atoms in total. The number of likely N-dealkylation sites (N-methyl/N-ethyl adjacent to an activating group) is 1. The minimum Gasteiger partial charge on any atom is -0.444 e. The van der Waals surface area contributed by atoms with Gasteiger partial charge in [0.05, 0.1) is 23.7 Å². The van der Waals surface area contributed by atoms with E-state index in [1.54, 1.807) is 11.9 Å². The van der Waals surface area contributed by atoms with Crippen molar-refractivity contribution in [2.45, 2.75) is 84.2 Å². The summed E-state index contributed by atoms with van der Waals surface area (Å²) in [5.74, 6) is 0.0634. The largest absolute Gasteiger partial charge is 0.494 e. The van der Waals surface area contributed by atoms with Crippen LogP contribution >= 0.6 is 0 Å². The first-order valence-electron chi connectivity index (χ1n) is 11.4. The molecule has 8 heteroatoms. The number of carbonyl (C=O) groups is 2. The van der Waals surface area contributed by atoms with Crippen LogP contribution < -0.4 is 5.46 Å². The molecule has 2 aliphatic heterocycles. The second kappa shape index (κ2) is 8.71. The van der Waals surface area contributed by atoms with Crippen LogP contribution in [-0.2, 0) is 25.3 Å². The average molecular weight is 444 g/mol. The summed E-state index contributed by atoms with van der Waals surface area (Å²) in [6.45, 7) is 14.8. The molecule has 176 valence electrons. The molecule has 0 radical (unpaired) electrons. The molecule has 0 aliphatic carbocycles. The first kappa shape index (κ1) is 24.6. The summed E-state index contributed by atoms with van der Waals surface area (Å²) in [7, 11) is 1.33. The maximum absolute atomic E-state index is 12.8. The molecule has 32 heavy (non-hydrogen) atoms. The maximum atomic E-state index is 12.8. The zero-order valence-corrected chi connectivity index (χ0v) is 20.7. The fourth-order valence-electron chi connectivity index (χ4n) is 3.83. The zero-order valence-electron chi connectivity index (χ0n) is 20.7. The number of nitrogens with zero attached hydrogens (tertiary/aromatic N) is 2. The standard InChI is InChI=1S/C24H37BN2O5/c1-22(2,3)30-21(29)26(8)19-13-14-27(16-19)20(28)15-17-9-11-18(12-10-17)25-31-23(4,5)24(6,7)32-25/h9-12,19H,13-16H2,1-8H3/t19-/m0/s1. The molecule has 0 bridgehead atoms. The molecule has 2 amide bonds. The number of hydrogen-bond acceptors (Lipinski definition) is 5. The van der Waals surface area contributed by atoms with Gasteiger partial charge in [-0.25, -0.2) is 4.79 Å². The fourth-order valence-corrected chi connectivity index (χ4v) is 3.83. The quantitative estimate of drug-likeness (QED) is 0.668. The van der Waals surface area contributed by atoms with Gasteiger partial charge in [-0.1, -0.05) is 24.3 Å². The number of hydrogen-bond donors (Lipinski definition) is 0. The topological polar surface area (TPSA) is 68.3 Å². The first-order valence-corrected chi connectivity index (χ1v) is 11.4. The van der Waals surface area contributed by atoms with Crippen LogP contribution in [0, 0.1) is 0 Å². The lowest BCUT2D eigenvalue weighted by Gasteiger charge is -2.32. The Morgan fingerprint density at radius 2 is 1.69 bits per heavy atom. The average Bonchev–Trinajstić information content (AvgIpc) is 3.23. The van der Waals surface area contributed by atoms with Crippen molar-refractivity contribution in [3.8, 4) is 0 Å². The van der Waals surface area contributed by atoms with E-state index in [2.05, 4.69) is 0 Å². The molecule has 2 aliphatic rings. The van der Waals surface area contributed by atoms with Crippen molar-refractivity contribution in [1.29, 1.82) is 0 Å². The SMILES string of the molecule is CN(C(=O)OC(C)(C)C)[C@H]1CCN(C(=O)Cc2ccc(B3OC(C)(C)C(C)(C)O3)cc2)C1. The van der Waals surface area contributed by atoms with Gasteiger partial charge in [0.15, 0.2) is 0 Å².